The second-order valence-electron chi connectivity index (χ2n) is 5.45. The summed E-state index contributed by atoms with van der Waals surface area (Å²) in [6, 6.07) is 12.5. The molecule has 0 saturated heterocycles. The lowest BCUT2D eigenvalue weighted by Crippen LogP contribution is -1.92. The third kappa shape index (κ3) is 5.72. The number of aromatic nitrogens is 1. The van der Waals surface area contributed by atoms with Gasteiger partial charge in [-0.15, -0.1) is 0 Å². The van der Waals surface area contributed by atoms with E-state index in [0.29, 0.717) is 16.0 Å². The third-order valence-corrected chi connectivity index (χ3v) is 4.39. The molecule has 9 nitrogen and oxygen atoms in total. The number of nitro groups is 2. The fourth-order valence-electron chi connectivity index (χ4n) is 2.33. The summed E-state index contributed by atoms with van der Waals surface area (Å²) < 4.78 is 10.8. The van der Waals surface area contributed by atoms with Crippen LogP contribution in [-0.4, -0.2) is 29.1 Å². The molecule has 0 aliphatic rings. The van der Waals surface area contributed by atoms with Gasteiger partial charge in [-0.1, -0.05) is 0 Å². The smallest absolute Gasteiger partial charge is 0.273 e. The van der Waals surface area contributed by atoms with Crippen LogP contribution in [0.2, 0.25) is 0 Å². The summed E-state index contributed by atoms with van der Waals surface area (Å²) in [7, 11) is 2.95. The number of halogens is 1. The van der Waals surface area contributed by atoms with Crippen LogP contribution in [0.5, 0.6) is 11.5 Å². The van der Waals surface area contributed by atoms with E-state index < -0.39 is 9.85 Å². The molecule has 1 heterocycles. The molecule has 0 aliphatic heterocycles. The van der Waals surface area contributed by atoms with Crippen molar-refractivity contribution in [2.75, 3.05) is 14.2 Å². The number of methoxy groups -OCH3 is 2. The van der Waals surface area contributed by atoms with Gasteiger partial charge in [-0.2, -0.15) is 0 Å². The topological polar surface area (TPSA) is 118 Å². The molecule has 0 spiro atoms. The van der Waals surface area contributed by atoms with E-state index in [2.05, 4.69) is 20.9 Å². The van der Waals surface area contributed by atoms with Gasteiger partial charge in [0.15, 0.2) is 0 Å². The Balaban J connectivity index is 0.000000221. The molecule has 10 heteroatoms. The van der Waals surface area contributed by atoms with E-state index in [1.165, 1.54) is 38.5 Å². The first kappa shape index (κ1) is 21.8. The maximum Gasteiger partial charge on any atom is 0.273 e. The zero-order valence-electron chi connectivity index (χ0n) is 15.4. The van der Waals surface area contributed by atoms with E-state index in [4.69, 9.17) is 9.47 Å². The van der Waals surface area contributed by atoms with Crippen LogP contribution in [-0.2, 0) is 0 Å². The molecule has 150 valence electrons. The van der Waals surface area contributed by atoms with Gasteiger partial charge in [-0.3, -0.25) is 25.2 Å². The number of pyridine rings is 1. The van der Waals surface area contributed by atoms with Gasteiger partial charge in [0.1, 0.15) is 11.5 Å². The first-order valence-electron chi connectivity index (χ1n) is 8.08. The average Bonchev–Trinajstić information content (AvgIpc) is 2.74. The van der Waals surface area contributed by atoms with E-state index in [1.54, 1.807) is 24.5 Å². The molecule has 3 rings (SSSR count). The summed E-state index contributed by atoms with van der Waals surface area (Å²) in [6.45, 7) is 0. The van der Waals surface area contributed by atoms with Crippen molar-refractivity contribution >= 4 is 27.3 Å². The Hall–Kier alpha value is -3.53. The molecule has 0 bridgehead atoms. The second kappa shape index (κ2) is 10.1. The highest BCUT2D eigenvalue weighted by Gasteiger charge is 2.12. The lowest BCUT2D eigenvalue weighted by Gasteiger charge is -2.07. The van der Waals surface area contributed by atoms with E-state index in [1.807, 2.05) is 12.1 Å². The Labute approximate surface area is 174 Å². The van der Waals surface area contributed by atoms with E-state index in [-0.39, 0.29) is 11.4 Å². The molecule has 29 heavy (non-hydrogen) atoms. The number of nitro benzene ring substituents is 2. The Morgan fingerprint density at radius 2 is 1.34 bits per heavy atom. The van der Waals surface area contributed by atoms with Gasteiger partial charge in [-0.25, -0.2) is 0 Å². The Morgan fingerprint density at radius 1 is 0.828 bits per heavy atom. The monoisotopic (exact) mass is 461 g/mol. The lowest BCUT2D eigenvalue weighted by atomic mass is 10.1. The van der Waals surface area contributed by atoms with Crippen molar-refractivity contribution in [1.82, 2.24) is 4.98 Å². The summed E-state index contributed by atoms with van der Waals surface area (Å²) in [5, 5.41) is 21.0. The molecular formula is C19H16BrN3O6. The normalized spacial score (nSPS) is 9.76. The highest BCUT2D eigenvalue weighted by atomic mass is 79.9. The molecule has 1 aromatic heterocycles. The largest absolute Gasteiger partial charge is 0.496 e. The molecule has 2 aromatic carbocycles. The summed E-state index contributed by atoms with van der Waals surface area (Å²) in [5.41, 5.74) is 1.75. The van der Waals surface area contributed by atoms with Crippen LogP contribution in [0.3, 0.4) is 0 Å². The predicted molar refractivity (Wildman–Crippen MR) is 110 cm³/mol. The van der Waals surface area contributed by atoms with E-state index in [9.17, 15) is 20.2 Å². The minimum Gasteiger partial charge on any atom is -0.496 e. The molecule has 0 aliphatic carbocycles. The van der Waals surface area contributed by atoms with Crippen LogP contribution >= 0.6 is 15.9 Å². The maximum atomic E-state index is 10.7. The van der Waals surface area contributed by atoms with Crippen molar-refractivity contribution in [3.63, 3.8) is 0 Å². The zero-order chi connectivity index (χ0) is 21.4. The van der Waals surface area contributed by atoms with Crippen LogP contribution in [0, 0.1) is 20.2 Å². The predicted octanol–water partition coefficient (Wildman–Crippen LogP) is 5.03. The van der Waals surface area contributed by atoms with E-state index >= 15 is 0 Å². The quantitative estimate of drug-likeness (QED) is 0.385. The lowest BCUT2D eigenvalue weighted by molar-refractivity contribution is -0.385. The fraction of sp³-hybridized carbons (Fsp3) is 0.105. The van der Waals surface area contributed by atoms with Crippen molar-refractivity contribution in [1.29, 1.82) is 0 Å². The van der Waals surface area contributed by atoms with Gasteiger partial charge >= 0.3 is 0 Å². The number of nitrogens with zero attached hydrogens (tertiary/aromatic N) is 3. The van der Waals surface area contributed by atoms with Gasteiger partial charge in [0.25, 0.3) is 11.4 Å². The van der Waals surface area contributed by atoms with Crippen LogP contribution in [0.1, 0.15) is 0 Å². The Morgan fingerprint density at radius 3 is 1.86 bits per heavy atom. The van der Waals surface area contributed by atoms with Crippen molar-refractivity contribution in [3.05, 3.63) is 85.6 Å². The Bertz CT molecular complexity index is 1010. The third-order valence-electron chi connectivity index (χ3n) is 3.73. The minimum absolute atomic E-state index is 0.0136. The van der Waals surface area contributed by atoms with Gasteiger partial charge in [0.2, 0.25) is 0 Å². The highest BCUT2D eigenvalue weighted by Crippen LogP contribution is 2.32. The average molecular weight is 462 g/mol. The van der Waals surface area contributed by atoms with Crippen molar-refractivity contribution in [2.24, 2.45) is 0 Å². The highest BCUT2D eigenvalue weighted by molar-refractivity contribution is 9.10. The van der Waals surface area contributed by atoms with Gasteiger partial charge < -0.3 is 9.47 Å². The van der Waals surface area contributed by atoms with Crippen LogP contribution in [0.15, 0.2) is 65.4 Å². The first-order valence-corrected chi connectivity index (χ1v) is 8.87. The summed E-state index contributed by atoms with van der Waals surface area (Å²) >= 11 is 3.19. The molecule has 0 radical (unpaired) electrons. The number of hydrogen-bond donors (Lipinski definition) is 0. The van der Waals surface area contributed by atoms with Gasteiger partial charge in [-0.05, 0) is 45.8 Å². The molecule has 0 unspecified atom stereocenters. The molecule has 3 aromatic rings. The van der Waals surface area contributed by atoms with Crippen LogP contribution < -0.4 is 9.47 Å². The minimum atomic E-state index is -0.463. The molecule has 0 fully saturated rings. The van der Waals surface area contributed by atoms with Gasteiger partial charge in [0, 0.05) is 30.1 Å². The fourth-order valence-corrected chi connectivity index (χ4v) is 2.73. The number of rotatable bonds is 5. The maximum absolute atomic E-state index is 10.7. The molecule has 0 N–H and O–H groups in total. The van der Waals surface area contributed by atoms with Crippen molar-refractivity contribution < 1.29 is 19.3 Å². The van der Waals surface area contributed by atoms with Gasteiger partial charge in [0.05, 0.1) is 40.7 Å². The molecule has 0 saturated carbocycles. The summed E-state index contributed by atoms with van der Waals surface area (Å²) in [6.07, 6.45) is 3.33. The SMILES string of the molecule is COc1cc([N+](=O)[O-])ccc1-c1ccncc1.COc1cc([N+](=O)[O-])ccc1Br. The standard InChI is InChI=1S/C12H10N2O3.C7H6BrNO3/c1-17-12-8-10(14(15)16)2-3-11(12)9-4-6-13-7-5-9;1-12-7-4-5(9(10)11)2-3-6(7)8/h2-8H,1H3;2-4H,1H3. The molecule has 0 amide bonds. The summed E-state index contributed by atoms with van der Waals surface area (Å²) in [5.74, 6) is 0.939. The number of hydrogen-bond acceptors (Lipinski definition) is 7. The summed E-state index contributed by atoms with van der Waals surface area (Å²) in [4.78, 5) is 24.0. The second-order valence-corrected chi connectivity index (χ2v) is 6.31. The first-order chi connectivity index (χ1) is 13.9. The molecular weight excluding hydrogens is 446 g/mol. The van der Waals surface area contributed by atoms with Crippen molar-refractivity contribution in [3.8, 4) is 22.6 Å². The number of ether oxygens (including phenoxy) is 2. The molecule has 0 atom stereocenters. The van der Waals surface area contributed by atoms with E-state index in [0.717, 1.165) is 11.1 Å². The zero-order valence-corrected chi connectivity index (χ0v) is 17.0. The number of non-ortho nitro benzene ring substituents is 2. The Kier molecular flexibility index (Phi) is 7.61. The van der Waals surface area contributed by atoms with Crippen molar-refractivity contribution in [2.45, 2.75) is 0 Å². The van der Waals surface area contributed by atoms with Crippen LogP contribution in [0.25, 0.3) is 11.1 Å². The number of benzene rings is 2. The van der Waals surface area contributed by atoms with Crippen LogP contribution in [0.4, 0.5) is 11.4 Å².